The van der Waals surface area contributed by atoms with E-state index in [0.29, 0.717) is 0 Å². The Morgan fingerprint density at radius 3 is 2.50 bits per heavy atom. The number of halogens is 2. The second-order valence-corrected chi connectivity index (χ2v) is 3.70. The molecule has 1 N–H and O–H groups in total. The topological polar surface area (TPSA) is 29.1 Å². The minimum absolute atomic E-state index is 0.323. The number of carbonyl (C=O) groups excluding carboxylic acids is 1. The van der Waals surface area contributed by atoms with E-state index in [0.717, 1.165) is 0 Å². The molecule has 0 fully saturated rings. The van der Waals surface area contributed by atoms with Crippen molar-refractivity contribution >= 4 is 18.5 Å². The van der Waals surface area contributed by atoms with Crippen LogP contribution < -0.4 is 5.32 Å². The summed E-state index contributed by atoms with van der Waals surface area (Å²) in [6.07, 6.45) is -0.323. The van der Waals surface area contributed by atoms with E-state index in [1.807, 2.05) is 0 Å². The van der Waals surface area contributed by atoms with Crippen LogP contribution in [0, 0.1) is 0 Å². The number of hydrogen-bond acceptors (Lipinski definition) is 2. The van der Waals surface area contributed by atoms with Gasteiger partial charge in [0.15, 0.2) is 0 Å². The third-order valence-corrected chi connectivity index (χ3v) is 1.37. The van der Waals surface area contributed by atoms with Gasteiger partial charge in [0.1, 0.15) is 0 Å². The number of rotatable bonds is 4. The molecular weight excluding hydrogens is 184 g/mol. The third kappa shape index (κ3) is 6.39. The molecule has 0 aromatic heterocycles. The number of carbonyl (C=O) groups is 1. The minimum Gasteiger partial charge on any atom is -0.350 e. The average Bonchev–Trinajstić information content (AvgIpc) is 1.81. The Hall–Kier alpha value is -0.320. The molecular formula is C7H13F2NOS. The van der Waals surface area contributed by atoms with Crippen molar-refractivity contribution in [2.45, 2.75) is 31.4 Å². The maximum Gasteiger partial charge on any atom is 0.266 e. The smallest absolute Gasteiger partial charge is 0.266 e. The van der Waals surface area contributed by atoms with Gasteiger partial charge >= 0.3 is 0 Å². The fourth-order valence-electron chi connectivity index (χ4n) is 0.758. The van der Waals surface area contributed by atoms with E-state index >= 15 is 0 Å². The van der Waals surface area contributed by atoms with Gasteiger partial charge in [-0.1, -0.05) is 6.92 Å². The van der Waals surface area contributed by atoms with Gasteiger partial charge in [-0.15, -0.1) is 0 Å². The van der Waals surface area contributed by atoms with E-state index in [1.54, 1.807) is 6.92 Å². The Morgan fingerprint density at radius 1 is 1.67 bits per heavy atom. The number of amides is 1. The highest BCUT2D eigenvalue weighted by molar-refractivity contribution is 7.80. The van der Waals surface area contributed by atoms with Gasteiger partial charge in [-0.25, -0.2) is 8.78 Å². The molecule has 0 radical (unpaired) electrons. The van der Waals surface area contributed by atoms with Crippen molar-refractivity contribution in [3.05, 3.63) is 0 Å². The molecule has 0 aromatic rings. The molecule has 2 nitrogen and oxygen atoms in total. The van der Waals surface area contributed by atoms with E-state index in [2.05, 4.69) is 17.9 Å². The average molecular weight is 197 g/mol. The van der Waals surface area contributed by atoms with Crippen molar-refractivity contribution in [2.75, 3.05) is 6.54 Å². The van der Waals surface area contributed by atoms with Gasteiger partial charge in [-0.05, 0) is 0 Å². The molecule has 5 heteroatoms. The molecule has 1 unspecified atom stereocenters. The highest BCUT2D eigenvalue weighted by atomic mass is 32.1. The molecule has 0 spiro atoms. The first-order valence-electron chi connectivity index (χ1n) is 3.64. The Morgan fingerprint density at radius 2 is 2.17 bits per heavy atom. The third-order valence-electron chi connectivity index (χ3n) is 1.19. The van der Waals surface area contributed by atoms with Crippen LogP contribution in [0.3, 0.4) is 0 Å². The predicted molar refractivity (Wildman–Crippen MR) is 46.7 cm³/mol. The monoisotopic (exact) mass is 197 g/mol. The lowest BCUT2D eigenvalue weighted by molar-refractivity contribution is -0.121. The molecule has 0 aliphatic heterocycles. The second-order valence-electron chi connectivity index (χ2n) is 2.82. The number of nitrogens with one attached hydrogen (secondary N) is 1. The minimum atomic E-state index is -2.85. The number of hydrogen-bond donors (Lipinski definition) is 2. The lowest BCUT2D eigenvalue weighted by Gasteiger charge is -2.17. The summed E-state index contributed by atoms with van der Waals surface area (Å²) in [4.78, 5) is 10.3. The fourth-order valence-corrected chi connectivity index (χ4v) is 1.03. The Labute approximate surface area is 76.1 Å². The van der Waals surface area contributed by atoms with Crippen molar-refractivity contribution < 1.29 is 13.6 Å². The zero-order valence-electron chi connectivity index (χ0n) is 7.10. The first-order chi connectivity index (χ1) is 5.33. The van der Waals surface area contributed by atoms with Crippen molar-refractivity contribution in [1.29, 1.82) is 0 Å². The SMILES string of the molecule is CC(=O)NCC(F)(F)CC(C)S. The van der Waals surface area contributed by atoms with Gasteiger partial charge in [0, 0.05) is 18.6 Å². The summed E-state index contributed by atoms with van der Waals surface area (Å²) in [5.41, 5.74) is 0. The van der Waals surface area contributed by atoms with Gasteiger partial charge in [-0.2, -0.15) is 12.6 Å². The molecule has 0 aliphatic rings. The normalized spacial score (nSPS) is 14.1. The quantitative estimate of drug-likeness (QED) is 0.656. The molecule has 72 valence electrons. The zero-order chi connectivity index (χ0) is 9.78. The van der Waals surface area contributed by atoms with Crippen LogP contribution >= 0.6 is 12.6 Å². The molecule has 12 heavy (non-hydrogen) atoms. The first kappa shape index (κ1) is 11.7. The molecule has 0 heterocycles. The van der Waals surface area contributed by atoms with E-state index < -0.39 is 18.4 Å². The lowest BCUT2D eigenvalue weighted by atomic mass is 10.2. The molecule has 0 saturated heterocycles. The summed E-state index contributed by atoms with van der Waals surface area (Å²) in [5.74, 6) is -3.30. The van der Waals surface area contributed by atoms with Crippen LogP contribution in [-0.4, -0.2) is 23.6 Å². The van der Waals surface area contributed by atoms with Crippen molar-refractivity contribution in [3.8, 4) is 0 Å². The first-order valence-corrected chi connectivity index (χ1v) is 4.15. The standard InChI is InChI=1S/C7H13F2NOS/c1-5(12)3-7(8,9)4-10-6(2)11/h5,12H,3-4H2,1-2H3,(H,10,11). The maximum atomic E-state index is 12.8. The molecule has 0 aromatic carbocycles. The molecule has 1 amide bonds. The lowest BCUT2D eigenvalue weighted by Crippen LogP contribution is -2.36. The largest absolute Gasteiger partial charge is 0.350 e. The van der Waals surface area contributed by atoms with Crippen LogP contribution in [0.4, 0.5) is 8.78 Å². The van der Waals surface area contributed by atoms with Crippen molar-refractivity contribution in [3.63, 3.8) is 0 Å². The van der Waals surface area contributed by atoms with Crippen molar-refractivity contribution in [1.82, 2.24) is 5.32 Å². The number of thiol groups is 1. The van der Waals surface area contributed by atoms with Gasteiger partial charge in [0.2, 0.25) is 5.91 Å². The summed E-state index contributed by atoms with van der Waals surface area (Å²) >= 11 is 3.84. The van der Waals surface area contributed by atoms with Gasteiger partial charge < -0.3 is 5.32 Å². The molecule has 0 aliphatic carbocycles. The van der Waals surface area contributed by atoms with E-state index in [1.165, 1.54) is 6.92 Å². The van der Waals surface area contributed by atoms with Gasteiger partial charge in [0.25, 0.3) is 5.92 Å². The maximum absolute atomic E-state index is 12.8. The molecule has 1 atom stereocenters. The van der Waals surface area contributed by atoms with E-state index in [4.69, 9.17) is 0 Å². The molecule has 0 bridgehead atoms. The zero-order valence-corrected chi connectivity index (χ0v) is 8.00. The van der Waals surface area contributed by atoms with Crippen molar-refractivity contribution in [2.24, 2.45) is 0 Å². The Kier molecular flexibility index (Phi) is 4.52. The summed E-state index contributed by atoms with van der Waals surface area (Å²) in [7, 11) is 0. The summed E-state index contributed by atoms with van der Waals surface area (Å²) in [6, 6.07) is 0. The molecule has 0 saturated carbocycles. The highest BCUT2D eigenvalue weighted by Crippen LogP contribution is 2.21. The van der Waals surface area contributed by atoms with Gasteiger partial charge in [0.05, 0.1) is 6.54 Å². The summed E-state index contributed by atoms with van der Waals surface area (Å²) in [6.45, 7) is 2.19. The van der Waals surface area contributed by atoms with Crippen LogP contribution in [-0.2, 0) is 4.79 Å². The Balaban J connectivity index is 3.78. The van der Waals surface area contributed by atoms with Crippen LogP contribution in [0.15, 0.2) is 0 Å². The van der Waals surface area contributed by atoms with Crippen LogP contribution in [0.5, 0.6) is 0 Å². The summed E-state index contributed by atoms with van der Waals surface area (Å²) < 4.78 is 25.5. The molecule has 0 rings (SSSR count). The fraction of sp³-hybridized carbons (Fsp3) is 0.857. The second kappa shape index (κ2) is 4.64. The summed E-state index contributed by atoms with van der Waals surface area (Å²) in [5, 5.41) is 1.70. The predicted octanol–water partition coefficient (Wildman–Crippen LogP) is 1.47. The highest BCUT2D eigenvalue weighted by Gasteiger charge is 2.30. The van der Waals surface area contributed by atoms with Crippen LogP contribution in [0.25, 0.3) is 0 Å². The Bertz CT molecular complexity index is 161. The van der Waals surface area contributed by atoms with Crippen LogP contribution in [0.2, 0.25) is 0 Å². The van der Waals surface area contributed by atoms with E-state index in [9.17, 15) is 13.6 Å². The van der Waals surface area contributed by atoms with Gasteiger partial charge in [-0.3, -0.25) is 4.79 Å². The van der Waals surface area contributed by atoms with E-state index in [-0.39, 0.29) is 11.7 Å². The van der Waals surface area contributed by atoms with Crippen LogP contribution in [0.1, 0.15) is 20.3 Å². The number of alkyl halides is 2.